The number of aromatic nitrogens is 2. The molecule has 1 aromatic carbocycles. The minimum absolute atomic E-state index is 0.211. The maximum atomic E-state index is 13.1. The molecule has 0 radical (unpaired) electrons. The molecule has 3 heterocycles. The van der Waals surface area contributed by atoms with Gasteiger partial charge in [-0.15, -0.1) is 0 Å². The lowest BCUT2D eigenvalue weighted by Crippen LogP contribution is -2.39. The zero-order valence-electron chi connectivity index (χ0n) is 19.7. The summed E-state index contributed by atoms with van der Waals surface area (Å²) in [5.41, 5.74) is 1.48. The number of ether oxygens (including phenoxy) is 2. The maximum Gasteiger partial charge on any atom is 0.407 e. The molecule has 1 N–H and O–H groups in total. The average molecular weight is 472 g/mol. The van der Waals surface area contributed by atoms with Crippen molar-refractivity contribution in [3.63, 3.8) is 0 Å². The van der Waals surface area contributed by atoms with Crippen molar-refractivity contribution in [1.29, 1.82) is 0 Å². The molecule has 34 heavy (non-hydrogen) atoms. The molecule has 182 valence electrons. The Morgan fingerprint density at radius 3 is 2.62 bits per heavy atom. The number of nitrogens with zero attached hydrogens (tertiary/aromatic N) is 4. The number of benzene rings is 1. The van der Waals surface area contributed by atoms with Gasteiger partial charge < -0.3 is 19.7 Å². The van der Waals surface area contributed by atoms with Crippen molar-refractivity contribution >= 4 is 18.1 Å². The SMILES string of the molecule is COC(=O)[C@@H]1c2nn(CCNC(=O)OC(C)(C)C)cc2[C@H]2CN1C(=O)N2OCc1ccccc1. The number of hydrogen-bond donors (Lipinski definition) is 1. The van der Waals surface area contributed by atoms with Crippen LogP contribution in [0, 0.1) is 0 Å². The van der Waals surface area contributed by atoms with E-state index in [2.05, 4.69) is 10.4 Å². The highest BCUT2D eigenvalue weighted by Crippen LogP contribution is 2.43. The van der Waals surface area contributed by atoms with E-state index in [0.29, 0.717) is 17.8 Å². The summed E-state index contributed by atoms with van der Waals surface area (Å²) >= 11 is 0. The standard InChI is InChI=1S/C23H29N5O6/c1-23(2,3)34-21(30)24-10-11-26-12-16-17-13-27(19(18(16)25-26)20(29)32-4)22(31)28(17)33-14-15-8-6-5-7-9-15/h5-9,12,17,19H,10-11,13-14H2,1-4H3,(H,24,30)/t17-,19+/m1/s1. The van der Waals surface area contributed by atoms with Gasteiger partial charge in [-0.3, -0.25) is 9.52 Å². The first kappa shape index (κ1) is 23.6. The number of methoxy groups -OCH3 is 1. The van der Waals surface area contributed by atoms with Gasteiger partial charge in [0, 0.05) is 18.3 Å². The van der Waals surface area contributed by atoms with E-state index in [1.807, 2.05) is 30.3 Å². The van der Waals surface area contributed by atoms with Crippen LogP contribution < -0.4 is 5.32 Å². The first-order valence-corrected chi connectivity index (χ1v) is 11.1. The number of carbonyl (C=O) groups is 3. The minimum atomic E-state index is -0.964. The molecule has 1 aromatic heterocycles. The van der Waals surface area contributed by atoms with E-state index < -0.39 is 35.8 Å². The Morgan fingerprint density at radius 2 is 1.94 bits per heavy atom. The van der Waals surface area contributed by atoms with Crippen molar-refractivity contribution in [1.82, 2.24) is 25.1 Å². The molecule has 0 spiro atoms. The molecule has 2 bridgehead atoms. The summed E-state index contributed by atoms with van der Waals surface area (Å²) in [5, 5.41) is 8.54. The average Bonchev–Trinajstić information content (AvgIpc) is 3.32. The number of urea groups is 1. The number of amides is 3. The monoisotopic (exact) mass is 471 g/mol. The number of hydroxylamine groups is 2. The van der Waals surface area contributed by atoms with E-state index >= 15 is 0 Å². The van der Waals surface area contributed by atoms with Crippen molar-refractivity contribution in [3.8, 4) is 0 Å². The molecule has 11 nitrogen and oxygen atoms in total. The Bertz CT molecular complexity index is 1060. The zero-order valence-corrected chi connectivity index (χ0v) is 19.7. The molecule has 2 aliphatic rings. The maximum absolute atomic E-state index is 13.1. The smallest absolute Gasteiger partial charge is 0.407 e. The van der Waals surface area contributed by atoms with Gasteiger partial charge in [0.1, 0.15) is 23.9 Å². The number of rotatable bonds is 7. The predicted molar refractivity (Wildman–Crippen MR) is 119 cm³/mol. The summed E-state index contributed by atoms with van der Waals surface area (Å²) in [7, 11) is 1.28. The molecule has 2 aliphatic heterocycles. The van der Waals surface area contributed by atoms with Crippen molar-refractivity contribution in [2.75, 3.05) is 20.2 Å². The number of esters is 1. The van der Waals surface area contributed by atoms with Crippen molar-refractivity contribution in [3.05, 3.63) is 53.3 Å². The summed E-state index contributed by atoms with van der Waals surface area (Å²) in [6, 6.07) is 7.72. The van der Waals surface area contributed by atoms with Crippen LogP contribution in [-0.2, 0) is 32.3 Å². The van der Waals surface area contributed by atoms with Crippen LogP contribution in [0.2, 0.25) is 0 Å². The largest absolute Gasteiger partial charge is 0.467 e. The number of hydrogen-bond acceptors (Lipinski definition) is 7. The molecule has 4 rings (SSSR count). The second kappa shape index (κ2) is 9.34. The molecule has 1 fully saturated rings. The van der Waals surface area contributed by atoms with E-state index in [1.165, 1.54) is 17.1 Å². The van der Waals surface area contributed by atoms with Crippen LogP contribution in [0.15, 0.2) is 36.5 Å². The number of carbonyl (C=O) groups excluding carboxylic acids is 3. The second-order valence-corrected chi connectivity index (χ2v) is 9.12. The van der Waals surface area contributed by atoms with Crippen molar-refractivity contribution in [2.45, 2.75) is 51.6 Å². The number of nitrogens with one attached hydrogen (secondary N) is 1. The van der Waals surface area contributed by atoms with Crippen LogP contribution in [0.3, 0.4) is 0 Å². The Kier molecular flexibility index (Phi) is 6.47. The molecule has 2 atom stereocenters. The van der Waals surface area contributed by atoms with Crippen molar-refractivity contribution in [2.24, 2.45) is 0 Å². The molecule has 11 heteroatoms. The summed E-state index contributed by atoms with van der Waals surface area (Å²) in [6.45, 7) is 6.49. The van der Waals surface area contributed by atoms with Gasteiger partial charge in [-0.2, -0.15) is 10.2 Å². The third-order valence-corrected chi connectivity index (χ3v) is 5.48. The highest BCUT2D eigenvalue weighted by Gasteiger charge is 2.53. The third-order valence-electron chi connectivity index (χ3n) is 5.48. The molecule has 0 saturated carbocycles. The fraction of sp³-hybridized carbons (Fsp3) is 0.478. The van der Waals surface area contributed by atoms with Gasteiger partial charge >= 0.3 is 18.1 Å². The van der Waals surface area contributed by atoms with Crippen LogP contribution >= 0.6 is 0 Å². The topological polar surface area (TPSA) is 115 Å². The molecule has 3 amide bonds. The highest BCUT2D eigenvalue weighted by atomic mass is 16.7. The first-order chi connectivity index (χ1) is 16.2. The summed E-state index contributed by atoms with van der Waals surface area (Å²) in [4.78, 5) is 44.9. The molecular weight excluding hydrogens is 442 g/mol. The van der Waals surface area contributed by atoms with Crippen LogP contribution in [-0.4, -0.2) is 63.6 Å². The van der Waals surface area contributed by atoms with Gasteiger partial charge in [0.05, 0.1) is 20.2 Å². The lowest BCUT2D eigenvalue weighted by atomic mass is 9.98. The fourth-order valence-electron chi connectivity index (χ4n) is 4.02. The molecule has 1 saturated heterocycles. The van der Waals surface area contributed by atoms with Gasteiger partial charge in [0.15, 0.2) is 6.04 Å². The van der Waals surface area contributed by atoms with E-state index in [0.717, 1.165) is 5.56 Å². The van der Waals surface area contributed by atoms with E-state index in [9.17, 15) is 14.4 Å². The Labute approximate surface area is 197 Å². The summed E-state index contributed by atoms with van der Waals surface area (Å²) in [5.74, 6) is -0.574. The number of alkyl carbamates (subject to hydrolysis) is 1. The van der Waals surface area contributed by atoms with Gasteiger partial charge in [0.25, 0.3) is 0 Å². The second-order valence-electron chi connectivity index (χ2n) is 9.12. The Morgan fingerprint density at radius 1 is 1.21 bits per heavy atom. The molecule has 0 unspecified atom stereocenters. The van der Waals surface area contributed by atoms with Crippen LogP contribution in [0.1, 0.15) is 49.7 Å². The van der Waals surface area contributed by atoms with Crippen molar-refractivity contribution < 1.29 is 28.7 Å². The Balaban J connectivity index is 1.51. The van der Waals surface area contributed by atoms with E-state index in [4.69, 9.17) is 14.3 Å². The summed E-state index contributed by atoms with van der Waals surface area (Å²) in [6.07, 6.45) is 1.26. The zero-order chi connectivity index (χ0) is 24.5. The van der Waals surface area contributed by atoms with E-state index in [1.54, 1.807) is 31.6 Å². The van der Waals surface area contributed by atoms with Crippen LogP contribution in [0.5, 0.6) is 0 Å². The van der Waals surface area contributed by atoms with E-state index in [-0.39, 0.29) is 19.7 Å². The lowest BCUT2D eigenvalue weighted by Gasteiger charge is -2.27. The fourth-order valence-corrected chi connectivity index (χ4v) is 4.02. The normalized spacial score (nSPS) is 19.1. The lowest BCUT2D eigenvalue weighted by molar-refractivity contribution is -0.146. The predicted octanol–water partition coefficient (Wildman–Crippen LogP) is 2.55. The number of fused-ring (bicyclic) bond motifs is 4. The van der Waals surface area contributed by atoms with Gasteiger partial charge in [-0.25, -0.2) is 14.4 Å². The molecule has 2 aromatic rings. The van der Waals surface area contributed by atoms with Crippen LogP contribution in [0.4, 0.5) is 9.59 Å². The molecule has 0 aliphatic carbocycles. The van der Waals surface area contributed by atoms with Gasteiger partial charge in [-0.1, -0.05) is 30.3 Å². The van der Waals surface area contributed by atoms with Gasteiger partial charge in [-0.05, 0) is 26.3 Å². The van der Waals surface area contributed by atoms with Gasteiger partial charge in [0.2, 0.25) is 0 Å². The first-order valence-electron chi connectivity index (χ1n) is 11.1. The minimum Gasteiger partial charge on any atom is -0.467 e. The highest BCUT2D eigenvalue weighted by molar-refractivity contribution is 5.87. The van der Waals surface area contributed by atoms with Crippen LogP contribution in [0.25, 0.3) is 0 Å². The quantitative estimate of drug-likeness (QED) is 0.617. The Hall–Kier alpha value is -3.60. The third kappa shape index (κ3) is 4.84. The molecular formula is C23H29N5O6. The summed E-state index contributed by atoms with van der Waals surface area (Å²) < 4.78 is 11.8.